The normalized spacial score (nSPS) is 15.4. The maximum Gasteiger partial charge on any atom is 0.233 e. The van der Waals surface area contributed by atoms with E-state index in [1.807, 2.05) is 18.2 Å². The predicted molar refractivity (Wildman–Crippen MR) is 81.7 cm³/mol. The molecule has 1 aliphatic heterocycles. The number of nitrogen functional groups attached to an aromatic ring is 1. The Morgan fingerprint density at radius 2 is 1.85 bits per heavy atom. The van der Waals surface area contributed by atoms with Crippen LogP contribution < -0.4 is 20.3 Å². The lowest BCUT2D eigenvalue weighted by Gasteiger charge is -2.36. The smallest absolute Gasteiger partial charge is 0.233 e. The number of hydrogen-bond acceptors (Lipinski definition) is 7. The number of ether oxygens (including phenoxy) is 1. The van der Waals surface area contributed by atoms with E-state index in [1.54, 1.807) is 7.11 Å². The van der Waals surface area contributed by atoms with E-state index < -0.39 is 0 Å². The monoisotopic (exact) mass is 291 g/mol. The SMILES string of the molecule is COc1ccccc1N1CCN(c2nc(N)ns2)CC1. The lowest BCUT2D eigenvalue weighted by atomic mass is 10.2. The Morgan fingerprint density at radius 3 is 2.50 bits per heavy atom. The van der Waals surface area contributed by atoms with E-state index in [2.05, 4.69) is 25.2 Å². The van der Waals surface area contributed by atoms with Gasteiger partial charge >= 0.3 is 0 Å². The molecule has 0 bridgehead atoms. The summed E-state index contributed by atoms with van der Waals surface area (Å²) in [4.78, 5) is 8.79. The number of nitrogens with two attached hydrogens (primary N) is 1. The Kier molecular flexibility index (Phi) is 3.60. The van der Waals surface area contributed by atoms with Crippen molar-refractivity contribution >= 4 is 28.3 Å². The van der Waals surface area contributed by atoms with Crippen molar-refractivity contribution in [1.29, 1.82) is 0 Å². The third-order valence-electron chi connectivity index (χ3n) is 3.41. The van der Waals surface area contributed by atoms with E-state index in [9.17, 15) is 0 Å². The van der Waals surface area contributed by atoms with Gasteiger partial charge in [-0.05, 0) is 12.1 Å². The highest BCUT2D eigenvalue weighted by Gasteiger charge is 2.21. The van der Waals surface area contributed by atoms with Crippen LogP contribution in [0.25, 0.3) is 0 Å². The molecule has 20 heavy (non-hydrogen) atoms. The van der Waals surface area contributed by atoms with Crippen molar-refractivity contribution in [2.75, 3.05) is 48.8 Å². The van der Waals surface area contributed by atoms with Gasteiger partial charge in [0.1, 0.15) is 5.75 Å². The zero-order chi connectivity index (χ0) is 13.9. The molecule has 0 aliphatic carbocycles. The van der Waals surface area contributed by atoms with Gasteiger partial charge in [-0.25, -0.2) is 0 Å². The fraction of sp³-hybridized carbons (Fsp3) is 0.385. The number of methoxy groups -OCH3 is 1. The molecule has 1 aromatic heterocycles. The van der Waals surface area contributed by atoms with E-state index in [1.165, 1.54) is 11.5 Å². The van der Waals surface area contributed by atoms with Gasteiger partial charge in [-0.2, -0.15) is 9.36 Å². The summed E-state index contributed by atoms with van der Waals surface area (Å²) >= 11 is 1.36. The summed E-state index contributed by atoms with van der Waals surface area (Å²) in [7, 11) is 1.71. The first kappa shape index (κ1) is 13.0. The molecule has 1 aliphatic rings. The molecular weight excluding hydrogens is 274 g/mol. The highest BCUT2D eigenvalue weighted by molar-refractivity contribution is 7.09. The quantitative estimate of drug-likeness (QED) is 0.923. The molecule has 0 unspecified atom stereocenters. The number of anilines is 3. The van der Waals surface area contributed by atoms with Gasteiger partial charge in [0, 0.05) is 37.7 Å². The van der Waals surface area contributed by atoms with Crippen LogP contribution in [0.5, 0.6) is 5.75 Å². The third-order valence-corrected chi connectivity index (χ3v) is 4.20. The number of rotatable bonds is 3. The number of nitrogens with zero attached hydrogens (tertiary/aromatic N) is 4. The fourth-order valence-corrected chi connectivity index (χ4v) is 3.03. The average Bonchev–Trinajstić information content (AvgIpc) is 2.94. The Hall–Kier alpha value is -2.02. The third kappa shape index (κ3) is 2.49. The topological polar surface area (TPSA) is 67.5 Å². The molecule has 0 atom stereocenters. The summed E-state index contributed by atoms with van der Waals surface area (Å²) in [5.41, 5.74) is 6.72. The van der Waals surface area contributed by atoms with Gasteiger partial charge in [0.05, 0.1) is 12.8 Å². The Bertz CT molecular complexity index is 580. The van der Waals surface area contributed by atoms with Crippen LogP contribution in [0.15, 0.2) is 24.3 Å². The van der Waals surface area contributed by atoms with Crippen LogP contribution in [0.2, 0.25) is 0 Å². The average molecular weight is 291 g/mol. The molecule has 2 N–H and O–H groups in total. The van der Waals surface area contributed by atoms with Crippen LogP contribution in [0, 0.1) is 0 Å². The molecule has 6 nitrogen and oxygen atoms in total. The summed E-state index contributed by atoms with van der Waals surface area (Å²) < 4.78 is 9.45. The van der Waals surface area contributed by atoms with Gasteiger partial charge in [-0.1, -0.05) is 12.1 Å². The number of hydrogen-bond donors (Lipinski definition) is 1. The lowest BCUT2D eigenvalue weighted by molar-refractivity contribution is 0.413. The van der Waals surface area contributed by atoms with Crippen LogP contribution in [0.3, 0.4) is 0 Å². The molecule has 0 spiro atoms. The summed E-state index contributed by atoms with van der Waals surface area (Å²) in [6, 6.07) is 8.11. The molecule has 1 aromatic carbocycles. The first-order valence-electron chi connectivity index (χ1n) is 6.50. The molecule has 0 saturated carbocycles. The highest BCUT2D eigenvalue weighted by atomic mass is 32.1. The largest absolute Gasteiger partial charge is 0.495 e. The number of para-hydroxylation sites is 2. The van der Waals surface area contributed by atoms with Crippen LogP contribution in [0.1, 0.15) is 0 Å². The van der Waals surface area contributed by atoms with Crippen molar-refractivity contribution in [3.05, 3.63) is 24.3 Å². The Labute approximate surface area is 122 Å². The number of piperazine rings is 1. The van der Waals surface area contributed by atoms with Gasteiger partial charge in [0.15, 0.2) is 0 Å². The van der Waals surface area contributed by atoms with E-state index >= 15 is 0 Å². The van der Waals surface area contributed by atoms with Crippen molar-refractivity contribution < 1.29 is 4.74 Å². The van der Waals surface area contributed by atoms with Crippen LogP contribution in [0.4, 0.5) is 16.8 Å². The van der Waals surface area contributed by atoms with Crippen molar-refractivity contribution in [3.63, 3.8) is 0 Å². The first-order chi connectivity index (χ1) is 9.78. The van der Waals surface area contributed by atoms with Crippen molar-refractivity contribution in [1.82, 2.24) is 9.36 Å². The van der Waals surface area contributed by atoms with Crippen molar-refractivity contribution in [3.8, 4) is 5.75 Å². The second-order valence-electron chi connectivity index (χ2n) is 4.58. The van der Waals surface area contributed by atoms with Crippen LogP contribution in [-0.4, -0.2) is 42.6 Å². The molecule has 1 fully saturated rings. The van der Waals surface area contributed by atoms with E-state index in [0.717, 1.165) is 42.7 Å². The molecule has 0 radical (unpaired) electrons. The van der Waals surface area contributed by atoms with Crippen molar-refractivity contribution in [2.45, 2.75) is 0 Å². The summed E-state index contributed by atoms with van der Waals surface area (Å²) in [6.45, 7) is 3.68. The Balaban J connectivity index is 1.69. The minimum absolute atomic E-state index is 0.358. The van der Waals surface area contributed by atoms with E-state index in [-0.39, 0.29) is 0 Å². The molecular formula is C13H17N5OS. The zero-order valence-electron chi connectivity index (χ0n) is 11.3. The van der Waals surface area contributed by atoms with Gasteiger partial charge in [0.2, 0.25) is 11.1 Å². The van der Waals surface area contributed by atoms with Crippen LogP contribution >= 0.6 is 11.5 Å². The van der Waals surface area contributed by atoms with Crippen LogP contribution in [-0.2, 0) is 0 Å². The van der Waals surface area contributed by atoms with Gasteiger partial charge in [0.25, 0.3) is 0 Å². The van der Waals surface area contributed by atoms with E-state index in [0.29, 0.717) is 5.95 Å². The molecule has 2 aromatic rings. The molecule has 0 amide bonds. The maximum atomic E-state index is 5.58. The summed E-state index contributed by atoms with van der Waals surface area (Å²) in [5, 5.41) is 0.905. The first-order valence-corrected chi connectivity index (χ1v) is 7.27. The minimum Gasteiger partial charge on any atom is -0.495 e. The molecule has 2 heterocycles. The standard InChI is InChI=1S/C13H17N5OS/c1-19-11-5-3-2-4-10(11)17-6-8-18(9-7-17)13-15-12(14)16-20-13/h2-5H,6-9H2,1H3,(H2,14,16). The molecule has 7 heteroatoms. The summed E-state index contributed by atoms with van der Waals surface area (Å²) in [5.74, 6) is 1.28. The predicted octanol–water partition coefficient (Wildman–Crippen LogP) is 1.46. The second kappa shape index (κ2) is 5.54. The van der Waals surface area contributed by atoms with Gasteiger partial charge in [-0.3, -0.25) is 0 Å². The second-order valence-corrected chi connectivity index (χ2v) is 5.31. The summed E-state index contributed by atoms with van der Waals surface area (Å²) in [6.07, 6.45) is 0. The lowest BCUT2D eigenvalue weighted by Crippen LogP contribution is -2.46. The van der Waals surface area contributed by atoms with E-state index in [4.69, 9.17) is 10.5 Å². The van der Waals surface area contributed by atoms with Crippen molar-refractivity contribution in [2.24, 2.45) is 0 Å². The zero-order valence-corrected chi connectivity index (χ0v) is 12.1. The molecule has 3 rings (SSSR count). The molecule has 106 valence electrons. The fourth-order valence-electron chi connectivity index (χ4n) is 2.38. The molecule has 1 saturated heterocycles. The maximum absolute atomic E-state index is 5.58. The van der Waals surface area contributed by atoms with Gasteiger partial charge in [-0.15, -0.1) is 0 Å². The number of benzene rings is 1. The number of aromatic nitrogens is 2. The highest BCUT2D eigenvalue weighted by Crippen LogP contribution is 2.29. The minimum atomic E-state index is 0.358. The Morgan fingerprint density at radius 1 is 1.15 bits per heavy atom. The van der Waals surface area contributed by atoms with Gasteiger partial charge < -0.3 is 20.3 Å².